The van der Waals surface area contributed by atoms with Gasteiger partial charge in [0.15, 0.2) is 0 Å². The van der Waals surface area contributed by atoms with E-state index in [-0.39, 0.29) is 12.8 Å². The van der Waals surface area contributed by atoms with E-state index in [9.17, 15) is 0 Å². The van der Waals surface area contributed by atoms with Crippen LogP contribution in [0.2, 0.25) is 0 Å². The highest BCUT2D eigenvalue weighted by Crippen LogP contribution is 2.27. The maximum absolute atomic E-state index is 4.67. The minimum Gasteiger partial charge on any atom is -0.241 e. The van der Waals surface area contributed by atoms with E-state index in [1.165, 1.54) is 5.69 Å². The fourth-order valence-corrected chi connectivity index (χ4v) is 1.65. The molecule has 0 aliphatic rings. The Labute approximate surface area is 114 Å². The van der Waals surface area contributed by atoms with Crippen LogP contribution in [0.15, 0.2) is 12.3 Å². The number of hydrogen-bond acceptors (Lipinski definition) is 2. The van der Waals surface area contributed by atoms with Gasteiger partial charge in [0.05, 0.1) is 0 Å². The molecule has 0 spiro atoms. The monoisotopic (exact) mass is 252 g/mol. The molecule has 106 valence electrons. The van der Waals surface area contributed by atoms with Crippen molar-refractivity contribution >= 4 is 0 Å². The largest absolute Gasteiger partial charge is 0.241 e. The van der Waals surface area contributed by atoms with Gasteiger partial charge in [-0.3, -0.25) is 0 Å². The van der Waals surface area contributed by atoms with Crippen molar-refractivity contribution in [2.24, 2.45) is 0 Å². The second kappa shape index (κ2) is 10.0. The molecule has 0 radical (unpaired) electrons. The van der Waals surface area contributed by atoms with Gasteiger partial charge >= 0.3 is 0 Å². The van der Waals surface area contributed by atoms with Crippen molar-refractivity contribution in [1.29, 1.82) is 0 Å². The van der Waals surface area contributed by atoms with Gasteiger partial charge in [0.2, 0.25) is 0 Å². The third kappa shape index (κ3) is 5.16. The summed E-state index contributed by atoms with van der Waals surface area (Å²) in [7, 11) is 0. The molecule has 0 amide bonds. The lowest BCUT2D eigenvalue weighted by Gasteiger charge is -2.24. The predicted molar refractivity (Wildman–Crippen MR) is 82.0 cm³/mol. The van der Waals surface area contributed by atoms with Gasteiger partial charge in [-0.25, -0.2) is 9.97 Å². The predicted octanol–water partition coefficient (Wildman–Crippen LogP) is 5.17. The second-order valence-corrected chi connectivity index (χ2v) is 4.39. The molecule has 0 aliphatic heterocycles. The molecule has 2 nitrogen and oxygen atoms in total. The summed E-state index contributed by atoms with van der Waals surface area (Å²) >= 11 is 0. The minimum absolute atomic E-state index is 0. The van der Waals surface area contributed by atoms with E-state index in [1.807, 2.05) is 26.1 Å². The van der Waals surface area contributed by atoms with Crippen LogP contribution in [0.5, 0.6) is 0 Å². The summed E-state index contributed by atoms with van der Waals surface area (Å²) in [5, 5.41) is 0. The number of hydrogen-bond donors (Lipinski definition) is 0. The normalized spacial score (nSPS) is 10.1. The van der Waals surface area contributed by atoms with Gasteiger partial charge in [0, 0.05) is 17.3 Å². The highest BCUT2D eigenvalue weighted by atomic mass is 14.9. The zero-order valence-electron chi connectivity index (χ0n) is 12.4. The van der Waals surface area contributed by atoms with Crippen LogP contribution in [0.25, 0.3) is 0 Å². The lowest BCUT2D eigenvalue weighted by atomic mass is 9.84. The molecule has 0 saturated heterocycles. The molecule has 0 aromatic carbocycles. The zero-order valence-corrected chi connectivity index (χ0v) is 12.4. The number of nitrogens with zero attached hydrogens (tertiary/aromatic N) is 2. The maximum atomic E-state index is 4.67. The van der Waals surface area contributed by atoms with Crippen molar-refractivity contribution in [3.63, 3.8) is 0 Å². The summed E-state index contributed by atoms with van der Waals surface area (Å²) in [6, 6.07) is 2.03. The first-order valence-corrected chi connectivity index (χ1v) is 6.98. The first-order chi connectivity index (χ1) is 8.16. The Morgan fingerprint density at radius 2 is 1.67 bits per heavy atom. The molecule has 0 unspecified atom stereocenters. The number of aryl methyl sites for hydroxylation is 1. The van der Waals surface area contributed by atoms with E-state index >= 15 is 0 Å². The van der Waals surface area contributed by atoms with Crippen molar-refractivity contribution in [3.05, 3.63) is 23.8 Å². The van der Waals surface area contributed by atoms with Crippen LogP contribution in [0.3, 0.4) is 0 Å². The third-order valence-corrected chi connectivity index (χ3v) is 3.32. The van der Waals surface area contributed by atoms with Gasteiger partial charge in [0.25, 0.3) is 0 Å². The van der Waals surface area contributed by atoms with E-state index in [4.69, 9.17) is 0 Å². The number of rotatable bonds is 5. The van der Waals surface area contributed by atoms with Gasteiger partial charge in [-0.2, -0.15) is 0 Å². The van der Waals surface area contributed by atoms with Crippen molar-refractivity contribution in [3.8, 4) is 0 Å². The van der Waals surface area contributed by atoms with Gasteiger partial charge < -0.3 is 0 Å². The third-order valence-electron chi connectivity index (χ3n) is 3.32. The average molecular weight is 252 g/mol. The molecule has 0 saturated carbocycles. The Hall–Kier alpha value is -0.920. The summed E-state index contributed by atoms with van der Waals surface area (Å²) < 4.78 is 0. The molecule has 0 bridgehead atoms. The van der Waals surface area contributed by atoms with Crippen LogP contribution < -0.4 is 0 Å². The Balaban J connectivity index is 0. The van der Waals surface area contributed by atoms with E-state index < -0.39 is 0 Å². The quantitative estimate of drug-likeness (QED) is 0.722. The Bertz CT molecular complexity index is 304. The zero-order chi connectivity index (χ0) is 13.3. The van der Waals surface area contributed by atoms with E-state index in [1.54, 1.807) is 0 Å². The van der Waals surface area contributed by atoms with Crippen LogP contribution in [0.4, 0.5) is 0 Å². The van der Waals surface area contributed by atoms with E-state index in [0.29, 0.717) is 0 Å². The smallest absolute Gasteiger partial charge is 0.134 e. The van der Waals surface area contributed by atoms with Crippen molar-refractivity contribution < 1.29 is 0 Å². The molecule has 1 heterocycles. The summed E-state index contributed by atoms with van der Waals surface area (Å²) in [6.07, 6.45) is 6.29. The van der Waals surface area contributed by atoms with Crippen molar-refractivity contribution in [2.75, 3.05) is 0 Å². The first-order valence-electron chi connectivity index (χ1n) is 6.98. The molecular formula is C16H32N2. The maximum Gasteiger partial charge on any atom is 0.134 e. The first kappa shape index (κ1) is 19.4. The summed E-state index contributed by atoms with van der Waals surface area (Å²) in [6.45, 7) is 12.8. The van der Waals surface area contributed by atoms with Crippen LogP contribution in [0.1, 0.15) is 79.7 Å². The van der Waals surface area contributed by atoms with Crippen molar-refractivity contribution in [1.82, 2.24) is 9.97 Å². The topological polar surface area (TPSA) is 25.8 Å². The molecule has 0 N–H and O–H groups in total. The summed E-state index contributed by atoms with van der Waals surface area (Å²) in [5.41, 5.74) is 1.32. The minimum atomic E-state index is 0. The van der Waals surface area contributed by atoms with Crippen molar-refractivity contribution in [2.45, 2.75) is 80.1 Å². The molecule has 1 aromatic heterocycles. The van der Waals surface area contributed by atoms with Gasteiger partial charge in [-0.05, 0) is 25.3 Å². The SMILES string of the molecule is C.CC.CCCc1ccnc(C(C)(CC)CC)n1. The summed E-state index contributed by atoms with van der Waals surface area (Å²) in [5.74, 6) is 1.01. The molecule has 1 rings (SSSR count). The molecule has 1 aromatic rings. The van der Waals surface area contributed by atoms with Gasteiger partial charge in [0.1, 0.15) is 5.82 Å². The standard InChI is InChI=1S/C13H22N2.C2H6.CH4/c1-5-8-11-9-10-14-12(15-11)13(4,6-2)7-3;1-2;/h9-10H,5-8H2,1-4H3;1-2H3;1H4. The van der Waals surface area contributed by atoms with Crippen LogP contribution in [-0.2, 0) is 11.8 Å². The van der Waals surface area contributed by atoms with Gasteiger partial charge in [-0.1, -0.05) is 55.4 Å². The molecule has 2 heteroatoms. The highest BCUT2D eigenvalue weighted by molar-refractivity contribution is 5.10. The van der Waals surface area contributed by atoms with Crippen LogP contribution in [0, 0.1) is 0 Å². The molecule has 0 fully saturated rings. The number of aromatic nitrogens is 2. The van der Waals surface area contributed by atoms with Crippen LogP contribution >= 0.6 is 0 Å². The summed E-state index contributed by atoms with van der Waals surface area (Å²) in [4.78, 5) is 9.09. The molecule has 0 aliphatic carbocycles. The molecular weight excluding hydrogens is 220 g/mol. The highest BCUT2D eigenvalue weighted by Gasteiger charge is 2.25. The Morgan fingerprint density at radius 1 is 1.11 bits per heavy atom. The second-order valence-electron chi connectivity index (χ2n) is 4.39. The lowest BCUT2D eigenvalue weighted by Crippen LogP contribution is -2.23. The Kier molecular flexibility index (Phi) is 10.8. The van der Waals surface area contributed by atoms with E-state index in [2.05, 4.69) is 37.7 Å². The average Bonchev–Trinajstić information content (AvgIpc) is 2.41. The fourth-order valence-electron chi connectivity index (χ4n) is 1.65. The van der Waals surface area contributed by atoms with E-state index in [0.717, 1.165) is 31.5 Å². The molecule has 18 heavy (non-hydrogen) atoms. The van der Waals surface area contributed by atoms with Crippen LogP contribution in [-0.4, -0.2) is 9.97 Å². The van der Waals surface area contributed by atoms with Gasteiger partial charge in [-0.15, -0.1) is 0 Å². The fraction of sp³-hybridized carbons (Fsp3) is 0.750. The Morgan fingerprint density at radius 3 is 2.11 bits per heavy atom. The molecule has 0 atom stereocenters. The lowest BCUT2D eigenvalue weighted by molar-refractivity contribution is 0.410.